The molecule has 1 nitrogen and oxygen atoms in total. The molecule has 0 radical (unpaired) electrons. The molecule has 0 N–H and O–H groups in total. The molecule has 0 aliphatic rings. The molecule has 0 aromatic heterocycles. The molecule has 2 aromatic carbocycles. The summed E-state index contributed by atoms with van der Waals surface area (Å²) in [7, 11) is -2.49. The second kappa shape index (κ2) is 5.56. The zero-order chi connectivity index (χ0) is 14.6. The van der Waals surface area contributed by atoms with Gasteiger partial charge in [0.15, 0.2) is 0 Å². The number of terminal acetylenes is 1. The van der Waals surface area contributed by atoms with Gasteiger partial charge in [0.25, 0.3) is 0 Å². The summed E-state index contributed by atoms with van der Waals surface area (Å²) >= 11 is 0. The van der Waals surface area contributed by atoms with Crippen molar-refractivity contribution in [3.63, 3.8) is 0 Å². The van der Waals surface area contributed by atoms with Crippen LogP contribution in [-0.2, 0) is 4.43 Å². The molecule has 0 aliphatic heterocycles. The fraction of sp³-hybridized carbons (Fsp3) is 0.222. The fourth-order valence-corrected chi connectivity index (χ4v) is 6.85. The molecule has 102 valence electrons. The van der Waals surface area contributed by atoms with E-state index >= 15 is 0 Å². The van der Waals surface area contributed by atoms with Crippen molar-refractivity contribution in [2.45, 2.75) is 25.8 Å². The number of rotatable bonds is 3. The maximum atomic E-state index is 6.03. The molecule has 0 amide bonds. The molecule has 0 atom stereocenters. The zero-order valence-corrected chi connectivity index (χ0v) is 13.3. The average Bonchev–Trinajstić information content (AvgIpc) is 2.45. The molecule has 2 rings (SSSR count). The molecular weight excluding hydrogens is 260 g/mol. The third-order valence-electron chi connectivity index (χ3n) is 3.63. The van der Waals surface area contributed by atoms with Crippen LogP contribution in [-0.4, -0.2) is 8.32 Å². The van der Waals surface area contributed by atoms with E-state index in [1.54, 1.807) is 0 Å². The van der Waals surface area contributed by atoms with E-state index in [0.29, 0.717) is 0 Å². The largest absolute Gasteiger partial charge is 0.490 e. The lowest BCUT2D eigenvalue weighted by atomic mass is 10.2. The van der Waals surface area contributed by atoms with Gasteiger partial charge < -0.3 is 4.43 Å². The van der Waals surface area contributed by atoms with Crippen molar-refractivity contribution < 1.29 is 4.43 Å². The first kappa shape index (κ1) is 14.4. The SMILES string of the molecule is C#CO[Si](c1ccccc1)(c1ccccc1)C(C)(C)C. The molecule has 0 saturated heterocycles. The third-order valence-corrected chi connectivity index (χ3v) is 8.46. The molecule has 0 saturated carbocycles. The molecule has 0 aliphatic carbocycles. The molecule has 0 bridgehead atoms. The summed E-state index contributed by atoms with van der Waals surface area (Å²) in [5.74, 6) is 0. The van der Waals surface area contributed by atoms with Gasteiger partial charge in [-0.1, -0.05) is 87.9 Å². The van der Waals surface area contributed by atoms with Gasteiger partial charge in [0.1, 0.15) is 0 Å². The summed E-state index contributed by atoms with van der Waals surface area (Å²) in [5, 5.41) is 2.36. The predicted octanol–water partition coefficient (Wildman–Crippen LogP) is 3.15. The van der Waals surface area contributed by atoms with Gasteiger partial charge in [-0.3, -0.25) is 0 Å². The number of hydrogen-bond acceptors (Lipinski definition) is 1. The molecule has 0 unspecified atom stereocenters. The van der Waals surface area contributed by atoms with E-state index in [9.17, 15) is 0 Å². The topological polar surface area (TPSA) is 9.23 Å². The Labute approximate surface area is 122 Å². The first-order chi connectivity index (χ1) is 9.52. The van der Waals surface area contributed by atoms with Crippen molar-refractivity contribution in [2.24, 2.45) is 0 Å². The summed E-state index contributed by atoms with van der Waals surface area (Å²) in [6.45, 7) is 6.61. The Balaban J connectivity index is 2.74. The molecule has 2 heteroatoms. The highest BCUT2D eigenvalue weighted by Gasteiger charge is 2.51. The van der Waals surface area contributed by atoms with Crippen LogP contribution in [0.3, 0.4) is 0 Å². The number of benzene rings is 2. The highest BCUT2D eigenvalue weighted by atomic mass is 28.4. The summed E-state index contributed by atoms with van der Waals surface area (Å²) < 4.78 is 6.03. The lowest BCUT2D eigenvalue weighted by molar-refractivity contribution is 0.477. The fourth-order valence-electron chi connectivity index (χ4n) is 2.74. The van der Waals surface area contributed by atoms with Crippen LogP contribution in [0.25, 0.3) is 0 Å². The van der Waals surface area contributed by atoms with Gasteiger partial charge in [0, 0.05) is 5.04 Å². The molecule has 2 aromatic rings. The first-order valence-electron chi connectivity index (χ1n) is 6.77. The van der Waals surface area contributed by atoms with Crippen molar-refractivity contribution in [3.05, 3.63) is 60.7 Å². The van der Waals surface area contributed by atoms with E-state index in [-0.39, 0.29) is 5.04 Å². The van der Waals surface area contributed by atoms with Crippen molar-refractivity contribution in [1.82, 2.24) is 0 Å². The van der Waals surface area contributed by atoms with Crippen molar-refractivity contribution in [1.29, 1.82) is 0 Å². The Morgan fingerprint density at radius 3 is 1.55 bits per heavy atom. The van der Waals surface area contributed by atoms with Crippen molar-refractivity contribution in [2.75, 3.05) is 0 Å². The maximum Gasteiger partial charge on any atom is 0.332 e. The Bertz CT molecular complexity index is 551. The third kappa shape index (κ3) is 2.37. The minimum atomic E-state index is -2.49. The number of hydrogen-bond donors (Lipinski definition) is 0. The second-order valence-corrected chi connectivity index (χ2v) is 10.1. The Kier molecular flexibility index (Phi) is 4.01. The van der Waals surface area contributed by atoms with E-state index in [1.165, 1.54) is 10.4 Å². The van der Waals surface area contributed by atoms with Gasteiger partial charge in [-0.15, -0.1) is 0 Å². The zero-order valence-electron chi connectivity index (χ0n) is 12.3. The molecule has 20 heavy (non-hydrogen) atoms. The Morgan fingerprint density at radius 1 is 0.850 bits per heavy atom. The van der Waals surface area contributed by atoms with E-state index in [2.05, 4.69) is 51.1 Å². The van der Waals surface area contributed by atoms with Crippen LogP contribution in [0, 0.1) is 12.5 Å². The van der Waals surface area contributed by atoms with E-state index in [0.717, 1.165) is 0 Å². The van der Waals surface area contributed by atoms with Gasteiger partial charge in [-0.2, -0.15) is 0 Å². The van der Waals surface area contributed by atoms with E-state index in [4.69, 9.17) is 10.8 Å². The summed E-state index contributed by atoms with van der Waals surface area (Å²) in [5.41, 5.74) is 0. The van der Waals surface area contributed by atoms with Crippen LogP contribution >= 0.6 is 0 Å². The van der Waals surface area contributed by atoms with Crippen LogP contribution in [0.15, 0.2) is 60.7 Å². The minimum Gasteiger partial charge on any atom is -0.490 e. The van der Waals surface area contributed by atoms with Crippen molar-refractivity contribution >= 4 is 18.7 Å². The average molecular weight is 280 g/mol. The normalized spacial score (nSPS) is 11.7. The second-order valence-electron chi connectivity index (χ2n) is 5.88. The van der Waals surface area contributed by atoms with Gasteiger partial charge >= 0.3 is 8.32 Å². The lowest BCUT2D eigenvalue weighted by Gasteiger charge is -2.40. The van der Waals surface area contributed by atoms with Crippen LogP contribution in [0.4, 0.5) is 0 Å². The summed E-state index contributed by atoms with van der Waals surface area (Å²) in [6.07, 6.45) is 8.02. The summed E-state index contributed by atoms with van der Waals surface area (Å²) in [4.78, 5) is 0. The first-order valence-corrected chi connectivity index (χ1v) is 8.68. The van der Waals surface area contributed by atoms with Crippen molar-refractivity contribution in [3.8, 4) is 12.5 Å². The maximum absolute atomic E-state index is 6.03. The Morgan fingerprint density at radius 2 is 1.25 bits per heavy atom. The van der Waals surface area contributed by atoms with E-state index in [1.807, 2.05) is 36.4 Å². The molecule has 0 spiro atoms. The van der Waals surface area contributed by atoms with E-state index < -0.39 is 8.32 Å². The molecule has 0 heterocycles. The lowest BCUT2D eigenvalue weighted by Crippen LogP contribution is -2.65. The summed E-state index contributed by atoms with van der Waals surface area (Å²) in [6, 6.07) is 20.7. The van der Waals surface area contributed by atoms with Gasteiger partial charge in [0.2, 0.25) is 0 Å². The minimum absolute atomic E-state index is 0.0535. The quantitative estimate of drug-likeness (QED) is 0.620. The molecule has 0 fully saturated rings. The highest BCUT2D eigenvalue weighted by molar-refractivity contribution is 6.99. The monoisotopic (exact) mass is 280 g/mol. The van der Waals surface area contributed by atoms with Gasteiger partial charge in [0.05, 0.1) is 6.11 Å². The Hall–Kier alpha value is -1.98. The van der Waals surface area contributed by atoms with Crippen LogP contribution in [0.2, 0.25) is 5.04 Å². The standard InChI is InChI=1S/C18H20OSi/c1-5-19-20(18(2,3)4,16-12-8-6-9-13-16)17-14-10-7-11-15-17/h1,6-15H,2-4H3. The molecular formula is C18H20OSi. The van der Waals surface area contributed by atoms with Crippen LogP contribution in [0.1, 0.15) is 20.8 Å². The van der Waals surface area contributed by atoms with Gasteiger partial charge in [-0.05, 0) is 10.4 Å². The highest BCUT2D eigenvalue weighted by Crippen LogP contribution is 2.36. The smallest absolute Gasteiger partial charge is 0.332 e. The van der Waals surface area contributed by atoms with Crippen LogP contribution in [0.5, 0.6) is 0 Å². The van der Waals surface area contributed by atoms with Crippen LogP contribution < -0.4 is 10.4 Å². The predicted molar refractivity (Wildman–Crippen MR) is 87.5 cm³/mol. The van der Waals surface area contributed by atoms with Gasteiger partial charge in [-0.25, -0.2) is 0 Å².